The van der Waals surface area contributed by atoms with Gasteiger partial charge in [0, 0.05) is 30.2 Å². The Balaban J connectivity index is 1.90. The molecule has 0 bridgehead atoms. The van der Waals surface area contributed by atoms with Crippen LogP contribution in [0.3, 0.4) is 0 Å². The van der Waals surface area contributed by atoms with Crippen molar-refractivity contribution in [2.75, 3.05) is 26.3 Å². The largest absolute Gasteiger partial charge is 0.379 e. The van der Waals surface area contributed by atoms with Crippen LogP contribution in [0.2, 0.25) is 0 Å². The second-order valence-corrected chi connectivity index (χ2v) is 6.33. The molecule has 3 rings (SSSR count). The number of aromatic nitrogens is 3. The fourth-order valence-electron chi connectivity index (χ4n) is 2.39. The normalized spacial score (nSPS) is 16.3. The lowest BCUT2D eigenvalue weighted by Crippen LogP contribution is -2.37. The lowest BCUT2D eigenvalue weighted by molar-refractivity contribution is 0.0210. The first-order valence-corrected chi connectivity index (χ1v) is 8.05. The minimum Gasteiger partial charge on any atom is -0.379 e. The van der Waals surface area contributed by atoms with E-state index in [4.69, 9.17) is 17.0 Å². The molecule has 0 spiro atoms. The molecule has 112 valence electrons. The number of rotatable bonds is 3. The molecule has 0 amide bonds. The molecule has 0 saturated carbocycles. The Morgan fingerprint density at radius 1 is 1.33 bits per heavy atom. The molecular weight excluding hydrogens is 352 g/mol. The van der Waals surface area contributed by atoms with Crippen LogP contribution >= 0.6 is 28.1 Å². The van der Waals surface area contributed by atoms with Crippen LogP contribution in [0.15, 0.2) is 28.7 Å². The first kappa shape index (κ1) is 14.9. The van der Waals surface area contributed by atoms with Gasteiger partial charge < -0.3 is 9.30 Å². The van der Waals surface area contributed by atoms with Crippen molar-refractivity contribution in [1.82, 2.24) is 19.2 Å². The van der Waals surface area contributed by atoms with Gasteiger partial charge in [-0.3, -0.25) is 4.90 Å². The molecule has 0 atom stereocenters. The Bertz CT molecular complexity index is 691. The smallest absolute Gasteiger partial charge is 0.199 e. The molecular formula is C14H17BrN4OS. The maximum atomic E-state index is 5.51. The quantitative estimate of drug-likeness (QED) is 0.780. The number of benzene rings is 1. The number of ether oxygens (including phenoxy) is 1. The van der Waals surface area contributed by atoms with Crippen LogP contribution in [-0.4, -0.2) is 45.6 Å². The Morgan fingerprint density at radius 2 is 2.10 bits per heavy atom. The van der Waals surface area contributed by atoms with Crippen LogP contribution in [0.4, 0.5) is 0 Å². The molecule has 2 heterocycles. The molecule has 1 aliphatic heterocycles. The van der Waals surface area contributed by atoms with Crippen LogP contribution in [-0.2, 0) is 18.5 Å². The van der Waals surface area contributed by atoms with Gasteiger partial charge in [-0.05, 0) is 24.4 Å². The SMILES string of the molecule is Cn1c(-c2cccc(Br)c2)nn(CN2CCOCC2)c1=S. The van der Waals surface area contributed by atoms with E-state index in [2.05, 4.69) is 32.0 Å². The van der Waals surface area contributed by atoms with E-state index in [1.165, 1.54) is 0 Å². The van der Waals surface area contributed by atoms with E-state index in [0.717, 1.165) is 46.9 Å². The molecule has 1 saturated heterocycles. The van der Waals surface area contributed by atoms with E-state index < -0.39 is 0 Å². The zero-order chi connectivity index (χ0) is 14.8. The first-order valence-electron chi connectivity index (χ1n) is 6.85. The van der Waals surface area contributed by atoms with Gasteiger partial charge in [0.15, 0.2) is 10.6 Å². The summed E-state index contributed by atoms with van der Waals surface area (Å²) < 4.78 is 11.0. The predicted molar refractivity (Wildman–Crippen MR) is 87.6 cm³/mol. The van der Waals surface area contributed by atoms with E-state index in [9.17, 15) is 0 Å². The second-order valence-electron chi connectivity index (χ2n) is 5.05. The summed E-state index contributed by atoms with van der Waals surface area (Å²) in [5.74, 6) is 0.884. The van der Waals surface area contributed by atoms with Crippen molar-refractivity contribution in [2.45, 2.75) is 6.67 Å². The van der Waals surface area contributed by atoms with Gasteiger partial charge in [-0.2, -0.15) is 5.10 Å². The van der Waals surface area contributed by atoms with Crippen LogP contribution < -0.4 is 0 Å². The van der Waals surface area contributed by atoms with Gasteiger partial charge in [0.2, 0.25) is 0 Å². The summed E-state index contributed by atoms with van der Waals surface area (Å²) in [7, 11) is 1.96. The average molecular weight is 369 g/mol. The van der Waals surface area contributed by atoms with Crippen molar-refractivity contribution in [2.24, 2.45) is 7.05 Å². The van der Waals surface area contributed by atoms with Gasteiger partial charge >= 0.3 is 0 Å². The molecule has 7 heteroatoms. The van der Waals surface area contributed by atoms with Crippen molar-refractivity contribution in [3.05, 3.63) is 33.5 Å². The molecule has 5 nitrogen and oxygen atoms in total. The molecule has 21 heavy (non-hydrogen) atoms. The highest BCUT2D eigenvalue weighted by Gasteiger charge is 2.15. The summed E-state index contributed by atoms with van der Waals surface area (Å²) in [6.45, 7) is 4.11. The molecule has 1 aliphatic rings. The zero-order valence-corrected chi connectivity index (χ0v) is 14.2. The minimum absolute atomic E-state index is 0.712. The van der Waals surface area contributed by atoms with Gasteiger partial charge in [-0.1, -0.05) is 28.1 Å². The van der Waals surface area contributed by atoms with Crippen molar-refractivity contribution in [1.29, 1.82) is 0 Å². The van der Waals surface area contributed by atoms with Gasteiger partial charge in [0.05, 0.1) is 19.9 Å². The highest BCUT2D eigenvalue weighted by molar-refractivity contribution is 9.10. The number of morpholine rings is 1. The third kappa shape index (κ3) is 3.26. The van der Waals surface area contributed by atoms with E-state index in [1.807, 2.05) is 34.5 Å². The summed E-state index contributed by atoms with van der Waals surface area (Å²) in [5, 5.41) is 4.69. The standard InChI is InChI=1S/C14H17BrN4OS/c1-17-13(11-3-2-4-12(15)9-11)16-19(14(17)21)10-18-5-7-20-8-6-18/h2-4,9H,5-8,10H2,1H3. The third-order valence-corrected chi connectivity index (χ3v) is 4.54. The summed E-state index contributed by atoms with van der Waals surface area (Å²) in [4.78, 5) is 2.30. The van der Waals surface area contributed by atoms with Crippen molar-refractivity contribution < 1.29 is 4.74 Å². The maximum Gasteiger partial charge on any atom is 0.199 e. The molecule has 0 N–H and O–H groups in total. The summed E-state index contributed by atoms with van der Waals surface area (Å²) >= 11 is 9.01. The molecule has 1 aromatic carbocycles. The van der Waals surface area contributed by atoms with E-state index in [1.54, 1.807) is 0 Å². The minimum atomic E-state index is 0.712. The lowest BCUT2D eigenvalue weighted by Gasteiger charge is -2.25. The Morgan fingerprint density at radius 3 is 2.81 bits per heavy atom. The predicted octanol–water partition coefficient (Wildman–Crippen LogP) is 2.67. The molecule has 0 aliphatic carbocycles. The van der Waals surface area contributed by atoms with Crippen LogP contribution in [0.25, 0.3) is 11.4 Å². The average Bonchev–Trinajstić information content (AvgIpc) is 2.77. The molecule has 1 fully saturated rings. The maximum absolute atomic E-state index is 5.51. The molecule has 0 unspecified atom stereocenters. The van der Waals surface area contributed by atoms with E-state index >= 15 is 0 Å². The number of nitrogens with zero attached hydrogens (tertiary/aromatic N) is 4. The van der Waals surface area contributed by atoms with Crippen molar-refractivity contribution in [3.63, 3.8) is 0 Å². The fraction of sp³-hybridized carbons (Fsp3) is 0.429. The molecule has 1 aromatic heterocycles. The van der Waals surface area contributed by atoms with Crippen LogP contribution in [0, 0.1) is 4.77 Å². The highest BCUT2D eigenvalue weighted by atomic mass is 79.9. The topological polar surface area (TPSA) is 35.2 Å². The van der Waals surface area contributed by atoms with Crippen LogP contribution in [0.1, 0.15) is 0 Å². The summed E-state index contributed by atoms with van der Waals surface area (Å²) in [5.41, 5.74) is 1.05. The molecule has 2 aromatic rings. The van der Waals surface area contributed by atoms with Gasteiger partial charge in [-0.25, -0.2) is 4.68 Å². The summed E-state index contributed by atoms with van der Waals surface area (Å²) in [6.07, 6.45) is 0. The Labute approximate surface area is 137 Å². The summed E-state index contributed by atoms with van der Waals surface area (Å²) in [6, 6.07) is 8.10. The zero-order valence-electron chi connectivity index (χ0n) is 11.8. The number of hydrogen-bond acceptors (Lipinski definition) is 4. The number of halogens is 1. The van der Waals surface area contributed by atoms with Gasteiger partial charge in [0.1, 0.15) is 0 Å². The van der Waals surface area contributed by atoms with Gasteiger partial charge in [0.25, 0.3) is 0 Å². The van der Waals surface area contributed by atoms with Crippen LogP contribution in [0.5, 0.6) is 0 Å². The van der Waals surface area contributed by atoms with Gasteiger partial charge in [-0.15, -0.1) is 0 Å². The third-order valence-electron chi connectivity index (χ3n) is 3.56. The van der Waals surface area contributed by atoms with E-state index in [-0.39, 0.29) is 0 Å². The first-order chi connectivity index (χ1) is 10.1. The Hall–Kier alpha value is -1.02. The monoisotopic (exact) mass is 368 g/mol. The fourth-order valence-corrected chi connectivity index (χ4v) is 2.98. The van der Waals surface area contributed by atoms with Crippen molar-refractivity contribution in [3.8, 4) is 11.4 Å². The number of hydrogen-bond donors (Lipinski definition) is 0. The highest BCUT2D eigenvalue weighted by Crippen LogP contribution is 2.21. The second kappa shape index (κ2) is 6.39. The molecule has 0 radical (unpaired) electrons. The van der Waals surface area contributed by atoms with Crippen molar-refractivity contribution >= 4 is 28.1 Å². The lowest BCUT2D eigenvalue weighted by atomic mass is 10.2. The Kier molecular flexibility index (Phi) is 4.54. The van der Waals surface area contributed by atoms with E-state index in [0.29, 0.717) is 6.67 Å².